The highest BCUT2D eigenvalue weighted by atomic mass is 32.2. The van der Waals surface area contributed by atoms with E-state index >= 15 is 0 Å². The second-order valence-electron chi connectivity index (χ2n) is 4.77. The molecule has 0 aliphatic carbocycles. The van der Waals surface area contributed by atoms with E-state index in [1.165, 1.54) is 14.0 Å². The molecule has 4 atom stereocenters. The number of carbonyl (C=O) groups excluding carboxylic acids is 1. The Hall–Kier alpha value is -0.790. The van der Waals surface area contributed by atoms with E-state index < -0.39 is 50.7 Å². The summed E-state index contributed by atoms with van der Waals surface area (Å²) in [5.41, 5.74) is 0. The van der Waals surface area contributed by atoms with Crippen LogP contribution in [0, 0.1) is 0 Å². The van der Waals surface area contributed by atoms with Gasteiger partial charge in [0.15, 0.2) is 12.4 Å². The molecule has 0 aromatic rings. The van der Waals surface area contributed by atoms with Gasteiger partial charge in [-0.25, -0.2) is 0 Å². The summed E-state index contributed by atoms with van der Waals surface area (Å²) in [6.07, 6.45) is -2.31. The second-order valence-corrected chi connectivity index (χ2v) is 7.98. The lowest BCUT2D eigenvalue weighted by Gasteiger charge is -2.40. The van der Waals surface area contributed by atoms with Crippen molar-refractivity contribution < 1.29 is 39.5 Å². The minimum Gasteiger partial charge on any atom is -0.353 e. The van der Waals surface area contributed by atoms with Gasteiger partial charge in [-0.3, -0.25) is 13.2 Å². The fourth-order valence-corrected chi connectivity index (χ4v) is 3.24. The minimum absolute atomic E-state index is 0.137. The summed E-state index contributed by atoms with van der Waals surface area (Å²) in [6, 6.07) is -0.926. The van der Waals surface area contributed by atoms with Crippen LogP contribution < -0.4 is 5.32 Å². The highest BCUT2D eigenvalue weighted by Crippen LogP contribution is 2.24. The maximum atomic E-state index is 11.4. The Kier molecular flexibility index (Phi) is 6.29. The topological polar surface area (TPSA) is 134 Å². The molecule has 22 heavy (non-hydrogen) atoms. The molecular weight excluding hydrogens is 342 g/mol. The first-order valence-electron chi connectivity index (χ1n) is 6.11. The van der Waals surface area contributed by atoms with Crippen molar-refractivity contribution >= 4 is 26.1 Å². The molecule has 1 amide bonds. The predicted octanol–water partition coefficient (Wildman–Crippen LogP) is -1.82. The second kappa shape index (κ2) is 7.19. The molecule has 0 aromatic carbocycles. The third kappa shape index (κ3) is 6.14. The molecule has 0 radical (unpaired) electrons. The Morgan fingerprint density at radius 3 is 2.00 bits per heavy atom. The molecule has 1 saturated heterocycles. The molecule has 10 nitrogen and oxygen atoms in total. The summed E-state index contributed by atoms with van der Waals surface area (Å²) in [6.45, 7) is 1.08. The van der Waals surface area contributed by atoms with Crippen molar-refractivity contribution in [3.05, 3.63) is 0 Å². The van der Waals surface area contributed by atoms with Crippen molar-refractivity contribution in [2.45, 2.75) is 31.5 Å². The maximum Gasteiger partial charge on any atom is 0.264 e. The lowest BCUT2D eigenvalue weighted by Crippen LogP contribution is -2.61. The number of methoxy groups -OCH3 is 1. The molecule has 130 valence electrons. The van der Waals surface area contributed by atoms with Gasteiger partial charge in [0.05, 0.1) is 25.2 Å². The summed E-state index contributed by atoms with van der Waals surface area (Å²) in [5.74, 6) is -0.468. The van der Waals surface area contributed by atoms with E-state index in [4.69, 9.17) is 17.8 Å². The van der Waals surface area contributed by atoms with Crippen LogP contribution in [0.5, 0.6) is 0 Å². The molecule has 1 aliphatic heterocycles. The Labute approximate surface area is 129 Å². The number of hydrogen-bond acceptors (Lipinski definition) is 9. The number of nitrogens with one attached hydrogen (secondary N) is 1. The van der Waals surface area contributed by atoms with Crippen molar-refractivity contribution in [2.24, 2.45) is 0 Å². The van der Waals surface area contributed by atoms with E-state index in [-0.39, 0.29) is 6.61 Å². The fraction of sp³-hybridized carbons (Fsp3) is 0.900. The van der Waals surface area contributed by atoms with E-state index in [9.17, 15) is 21.6 Å². The number of ether oxygens (including phenoxy) is 2. The van der Waals surface area contributed by atoms with E-state index in [1.54, 1.807) is 0 Å². The largest absolute Gasteiger partial charge is 0.353 e. The van der Waals surface area contributed by atoms with Gasteiger partial charge in [0.1, 0.15) is 6.10 Å². The standard InChI is InChI=1S/C10H19NO9S2/c1-6(12)11-7-5-18-10(17-2)9(20-22(4,15)16)8(7)19-21(3,13)14/h7-10H,5H2,1-4H3,(H,11,12)/t7-,8-,9+,10-/m0/s1. The average Bonchev–Trinajstić information content (AvgIpc) is 2.29. The van der Waals surface area contributed by atoms with Crippen LogP contribution in [0.4, 0.5) is 0 Å². The van der Waals surface area contributed by atoms with E-state index in [2.05, 4.69) is 5.32 Å². The highest BCUT2D eigenvalue weighted by molar-refractivity contribution is 7.86. The Bertz CT molecular complexity index is 600. The Morgan fingerprint density at radius 1 is 1.09 bits per heavy atom. The average molecular weight is 361 g/mol. The zero-order valence-electron chi connectivity index (χ0n) is 12.5. The van der Waals surface area contributed by atoms with Gasteiger partial charge in [-0.05, 0) is 0 Å². The lowest BCUT2D eigenvalue weighted by molar-refractivity contribution is -0.227. The van der Waals surface area contributed by atoms with Crippen LogP contribution in [-0.4, -0.2) is 73.5 Å². The molecule has 1 N–H and O–H groups in total. The SMILES string of the molecule is CO[C@H]1OC[C@H](NC(C)=O)[C@H](OS(C)(=O)=O)[C@H]1OS(C)(=O)=O. The molecule has 1 aliphatic rings. The van der Waals surface area contributed by atoms with Crippen molar-refractivity contribution in [3.8, 4) is 0 Å². The minimum atomic E-state index is -3.95. The van der Waals surface area contributed by atoms with Crippen LogP contribution in [0.15, 0.2) is 0 Å². The lowest BCUT2D eigenvalue weighted by atomic mass is 10.0. The van der Waals surface area contributed by atoms with Crippen LogP contribution in [-0.2, 0) is 42.9 Å². The molecule has 0 unspecified atom stereocenters. The van der Waals surface area contributed by atoms with Gasteiger partial charge in [0.2, 0.25) is 5.91 Å². The summed E-state index contributed by atoms with van der Waals surface area (Å²) in [7, 11) is -6.67. The van der Waals surface area contributed by atoms with Crippen molar-refractivity contribution in [1.29, 1.82) is 0 Å². The van der Waals surface area contributed by atoms with Gasteiger partial charge in [0.25, 0.3) is 20.2 Å². The number of rotatable bonds is 6. The van der Waals surface area contributed by atoms with Crippen LogP contribution in [0.2, 0.25) is 0 Å². The first-order chi connectivity index (χ1) is 9.93. The van der Waals surface area contributed by atoms with Crippen LogP contribution in [0.3, 0.4) is 0 Å². The first kappa shape index (κ1) is 19.3. The third-order valence-corrected chi connectivity index (χ3v) is 3.77. The number of hydrogen-bond donors (Lipinski definition) is 1. The van der Waals surface area contributed by atoms with Crippen molar-refractivity contribution in [2.75, 3.05) is 26.2 Å². The normalized spacial score (nSPS) is 30.0. The highest BCUT2D eigenvalue weighted by Gasteiger charge is 2.46. The van der Waals surface area contributed by atoms with Crippen molar-refractivity contribution in [3.63, 3.8) is 0 Å². The summed E-state index contributed by atoms with van der Waals surface area (Å²) in [5, 5.41) is 2.43. The summed E-state index contributed by atoms with van der Waals surface area (Å²) < 4.78 is 65.5. The van der Waals surface area contributed by atoms with E-state index in [0.29, 0.717) is 0 Å². The first-order valence-corrected chi connectivity index (χ1v) is 9.74. The Balaban J connectivity index is 3.16. The van der Waals surface area contributed by atoms with E-state index in [0.717, 1.165) is 12.5 Å². The maximum absolute atomic E-state index is 11.4. The summed E-state index contributed by atoms with van der Waals surface area (Å²) >= 11 is 0. The zero-order chi connectivity index (χ0) is 17.1. The molecule has 12 heteroatoms. The van der Waals surface area contributed by atoms with E-state index in [1.807, 2.05) is 0 Å². The monoisotopic (exact) mass is 361 g/mol. The molecule has 0 bridgehead atoms. The number of amides is 1. The summed E-state index contributed by atoms with van der Waals surface area (Å²) in [4.78, 5) is 11.2. The van der Waals surface area contributed by atoms with Gasteiger partial charge in [-0.2, -0.15) is 16.8 Å². The third-order valence-electron chi connectivity index (χ3n) is 2.62. The predicted molar refractivity (Wildman–Crippen MR) is 73.8 cm³/mol. The molecule has 1 fully saturated rings. The molecule has 1 rings (SSSR count). The molecular formula is C10H19NO9S2. The zero-order valence-corrected chi connectivity index (χ0v) is 14.1. The quantitative estimate of drug-likeness (QED) is 0.543. The molecule has 0 aromatic heterocycles. The van der Waals surface area contributed by atoms with Crippen LogP contribution in [0.25, 0.3) is 0 Å². The fourth-order valence-electron chi connectivity index (χ4n) is 1.98. The van der Waals surface area contributed by atoms with Crippen LogP contribution >= 0.6 is 0 Å². The Morgan fingerprint density at radius 2 is 1.59 bits per heavy atom. The number of carbonyl (C=O) groups is 1. The van der Waals surface area contributed by atoms with Gasteiger partial charge < -0.3 is 14.8 Å². The van der Waals surface area contributed by atoms with Crippen LogP contribution in [0.1, 0.15) is 6.92 Å². The molecule has 0 saturated carbocycles. The van der Waals surface area contributed by atoms with Gasteiger partial charge >= 0.3 is 0 Å². The van der Waals surface area contributed by atoms with Crippen molar-refractivity contribution in [1.82, 2.24) is 5.32 Å². The molecule has 0 spiro atoms. The smallest absolute Gasteiger partial charge is 0.264 e. The van der Waals surface area contributed by atoms with Gasteiger partial charge in [-0.1, -0.05) is 0 Å². The van der Waals surface area contributed by atoms with Gasteiger partial charge in [0, 0.05) is 14.0 Å². The molecule has 1 heterocycles. The van der Waals surface area contributed by atoms with Gasteiger partial charge in [-0.15, -0.1) is 0 Å².